The Morgan fingerprint density at radius 1 is 1.35 bits per heavy atom. The predicted molar refractivity (Wildman–Crippen MR) is 78.9 cm³/mol. The first kappa shape index (κ1) is 15.5. The van der Waals surface area contributed by atoms with Gasteiger partial charge in [0, 0.05) is 6.54 Å². The monoisotopic (exact) mass is 297 g/mol. The highest BCUT2D eigenvalue weighted by molar-refractivity contribution is 7.89. The first-order valence-electron chi connectivity index (χ1n) is 7.06. The van der Waals surface area contributed by atoms with Crippen molar-refractivity contribution in [2.75, 3.05) is 6.54 Å². The van der Waals surface area contributed by atoms with Crippen molar-refractivity contribution in [3.05, 3.63) is 28.8 Å². The summed E-state index contributed by atoms with van der Waals surface area (Å²) in [6, 6.07) is 3.38. The molecule has 1 aliphatic carbocycles. The molecule has 1 aliphatic rings. The van der Waals surface area contributed by atoms with Crippen molar-refractivity contribution in [2.45, 2.75) is 45.1 Å². The fraction of sp³-hybridized carbons (Fsp3) is 0.600. The molecular weight excluding hydrogens is 274 g/mol. The van der Waals surface area contributed by atoms with Gasteiger partial charge in [-0.25, -0.2) is 13.1 Å². The first-order chi connectivity index (χ1) is 9.35. The molecule has 0 saturated heterocycles. The fourth-order valence-corrected chi connectivity index (χ4v) is 3.93. The van der Waals surface area contributed by atoms with E-state index in [4.69, 9.17) is 0 Å². The second-order valence-corrected chi connectivity index (χ2v) is 7.60. The number of rotatable bonds is 6. The van der Waals surface area contributed by atoms with Gasteiger partial charge in [-0.1, -0.05) is 13.0 Å². The van der Waals surface area contributed by atoms with E-state index in [1.165, 1.54) is 12.8 Å². The van der Waals surface area contributed by atoms with Gasteiger partial charge in [-0.2, -0.15) is 0 Å². The van der Waals surface area contributed by atoms with Gasteiger partial charge in [-0.15, -0.1) is 0 Å². The molecule has 1 fully saturated rings. The molecule has 2 N–H and O–H groups in total. The molecule has 0 bridgehead atoms. The van der Waals surface area contributed by atoms with Gasteiger partial charge >= 0.3 is 0 Å². The third kappa shape index (κ3) is 3.40. The van der Waals surface area contributed by atoms with Crippen molar-refractivity contribution in [2.24, 2.45) is 11.8 Å². The average Bonchev–Trinajstić information content (AvgIpc) is 3.23. The Morgan fingerprint density at radius 3 is 2.55 bits per heavy atom. The second-order valence-electron chi connectivity index (χ2n) is 5.86. The van der Waals surface area contributed by atoms with Crippen LogP contribution in [0.25, 0.3) is 0 Å². The molecule has 1 saturated carbocycles. The lowest BCUT2D eigenvalue weighted by Crippen LogP contribution is -2.30. The summed E-state index contributed by atoms with van der Waals surface area (Å²) in [5.74, 6) is 1.05. The maximum atomic E-state index is 12.4. The predicted octanol–water partition coefficient (Wildman–Crippen LogP) is 2.12. The Hall–Kier alpha value is -0.910. The van der Waals surface area contributed by atoms with E-state index < -0.39 is 10.0 Å². The van der Waals surface area contributed by atoms with Crippen LogP contribution in [-0.2, 0) is 16.6 Å². The molecule has 1 atom stereocenters. The van der Waals surface area contributed by atoms with Gasteiger partial charge in [0.05, 0.1) is 11.5 Å². The van der Waals surface area contributed by atoms with E-state index in [1.807, 2.05) is 13.0 Å². The normalized spacial score (nSPS) is 17.2. The SMILES string of the molecule is Cc1cc(CO)cc(S(=O)(=O)NCC(C)C2CC2)c1C. The molecule has 0 amide bonds. The molecule has 0 radical (unpaired) electrons. The summed E-state index contributed by atoms with van der Waals surface area (Å²) in [7, 11) is -3.51. The van der Waals surface area contributed by atoms with Gasteiger partial charge in [0.15, 0.2) is 0 Å². The number of hydrogen-bond donors (Lipinski definition) is 2. The van der Waals surface area contributed by atoms with Crippen molar-refractivity contribution in [1.29, 1.82) is 0 Å². The lowest BCUT2D eigenvalue weighted by atomic mass is 10.1. The van der Waals surface area contributed by atoms with Gasteiger partial charge < -0.3 is 5.11 Å². The Balaban J connectivity index is 2.21. The number of aryl methyl sites for hydroxylation is 1. The van der Waals surface area contributed by atoms with Crippen LogP contribution >= 0.6 is 0 Å². The lowest BCUT2D eigenvalue weighted by Gasteiger charge is -2.15. The topological polar surface area (TPSA) is 66.4 Å². The van der Waals surface area contributed by atoms with E-state index in [0.717, 1.165) is 11.1 Å². The van der Waals surface area contributed by atoms with E-state index in [9.17, 15) is 13.5 Å². The maximum Gasteiger partial charge on any atom is 0.240 e. The van der Waals surface area contributed by atoms with Crippen LogP contribution in [0.15, 0.2) is 17.0 Å². The summed E-state index contributed by atoms with van der Waals surface area (Å²) >= 11 is 0. The van der Waals surface area contributed by atoms with Crippen LogP contribution in [0, 0.1) is 25.7 Å². The quantitative estimate of drug-likeness (QED) is 0.845. The summed E-state index contributed by atoms with van der Waals surface area (Å²) in [5, 5.41) is 9.23. The minimum absolute atomic E-state index is 0.151. The molecule has 0 heterocycles. The molecule has 0 aliphatic heterocycles. The highest BCUT2D eigenvalue weighted by Crippen LogP contribution is 2.36. The molecular formula is C15H23NO3S. The van der Waals surface area contributed by atoms with Crippen LogP contribution in [0.5, 0.6) is 0 Å². The molecule has 112 valence electrons. The van der Waals surface area contributed by atoms with Crippen LogP contribution in [0.4, 0.5) is 0 Å². The number of sulfonamides is 1. The smallest absolute Gasteiger partial charge is 0.240 e. The minimum atomic E-state index is -3.51. The van der Waals surface area contributed by atoms with E-state index in [0.29, 0.717) is 23.9 Å². The van der Waals surface area contributed by atoms with Gasteiger partial charge in [0.1, 0.15) is 0 Å². The zero-order valence-corrected chi connectivity index (χ0v) is 13.1. The molecule has 5 heteroatoms. The molecule has 20 heavy (non-hydrogen) atoms. The van der Waals surface area contributed by atoms with Gasteiger partial charge in [0.2, 0.25) is 10.0 Å². The standard InChI is InChI=1S/C15H23NO3S/c1-10-6-13(9-17)7-15(12(10)3)20(18,19)16-8-11(2)14-4-5-14/h6-7,11,14,16-17H,4-5,8-9H2,1-3H3. The molecule has 4 nitrogen and oxygen atoms in total. The first-order valence-corrected chi connectivity index (χ1v) is 8.54. The Bertz CT molecular complexity index is 591. The third-order valence-electron chi connectivity index (χ3n) is 4.17. The summed E-state index contributed by atoms with van der Waals surface area (Å²) in [5.41, 5.74) is 2.25. The highest BCUT2D eigenvalue weighted by atomic mass is 32.2. The Labute approximate surface area is 121 Å². The van der Waals surface area contributed by atoms with E-state index in [2.05, 4.69) is 11.6 Å². The zero-order valence-electron chi connectivity index (χ0n) is 12.3. The van der Waals surface area contributed by atoms with E-state index in [1.54, 1.807) is 13.0 Å². The van der Waals surface area contributed by atoms with E-state index in [-0.39, 0.29) is 11.5 Å². The van der Waals surface area contributed by atoms with Crippen molar-refractivity contribution in [3.63, 3.8) is 0 Å². The molecule has 0 spiro atoms. The molecule has 1 unspecified atom stereocenters. The lowest BCUT2D eigenvalue weighted by molar-refractivity contribution is 0.281. The highest BCUT2D eigenvalue weighted by Gasteiger charge is 2.29. The Morgan fingerprint density at radius 2 is 2.00 bits per heavy atom. The molecule has 2 rings (SSSR count). The zero-order chi connectivity index (χ0) is 14.9. The molecule has 1 aromatic carbocycles. The number of nitrogens with one attached hydrogen (secondary N) is 1. The largest absolute Gasteiger partial charge is 0.392 e. The summed E-state index contributed by atoms with van der Waals surface area (Å²) < 4.78 is 27.6. The number of aliphatic hydroxyl groups excluding tert-OH is 1. The van der Waals surface area contributed by atoms with Gasteiger partial charge in [-0.05, 0) is 61.3 Å². The summed E-state index contributed by atoms with van der Waals surface area (Å²) in [4.78, 5) is 0.282. The number of benzene rings is 1. The van der Waals surface area contributed by atoms with Crippen molar-refractivity contribution < 1.29 is 13.5 Å². The summed E-state index contributed by atoms with van der Waals surface area (Å²) in [6.45, 7) is 6.08. The minimum Gasteiger partial charge on any atom is -0.392 e. The van der Waals surface area contributed by atoms with Crippen molar-refractivity contribution >= 4 is 10.0 Å². The second kappa shape index (κ2) is 5.84. The molecule has 0 aromatic heterocycles. The van der Waals surface area contributed by atoms with Crippen molar-refractivity contribution in [1.82, 2.24) is 4.72 Å². The van der Waals surface area contributed by atoms with Crippen molar-refractivity contribution in [3.8, 4) is 0 Å². The Kier molecular flexibility index (Phi) is 4.52. The van der Waals surface area contributed by atoms with Crippen LogP contribution < -0.4 is 4.72 Å². The third-order valence-corrected chi connectivity index (χ3v) is 5.72. The number of aliphatic hydroxyl groups is 1. The van der Waals surface area contributed by atoms with E-state index >= 15 is 0 Å². The average molecular weight is 297 g/mol. The summed E-state index contributed by atoms with van der Waals surface area (Å²) in [6.07, 6.45) is 2.42. The van der Waals surface area contributed by atoms with Crippen LogP contribution in [-0.4, -0.2) is 20.1 Å². The van der Waals surface area contributed by atoms with Gasteiger partial charge in [-0.3, -0.25) is 0 Å². The van der Waals surface area contributed by atoms with Crippen LogP contribution in [0.3, 0.4) is 0 Å². The maximum absolute atomic E-state index is 12.4. The van der Waals surface area contributed by atoms with Crippen LogP contribution in [0.1, 0.15) is 36.5 Å². The molecule has 1 aromatic rings. The van der Waals surface area contributed by atoms with Crippen LogP contribution in [0.2, 0.25) is 0 Å². The fourth-order valence-electron chi connectivity index (χ4n) is 2.42. The number of hydrogen-bond acceptors (Lipinski definition) is 3. The van der Waals surface area contributed by atoms with Gasteiger partial charge in [0.25, 0.3) is 0 Å².